The van der Waals surface area contributed by atoms with Gasteiger partial charge in [-0.05, 0) is 60.6 Å². The molecule has 4 rings (SSSR count). The van der Waals surface area contributed by atoms with Gasteiger partial charge in [-0.1, -0.05) is 51.8 Å². The van der Waals surface area contributed by atoms with Gasteiger partial charge in [-0.15, -0.1) is 0 Å². The maximum Gasteiger partial charge on any atom is 0.490 e. The van der Waals surface area contributed by atoms with Crippen LogP contribution >= 0.6 is 27.5 Å². The summed E-state index contributed by atoms with van der Waals surface area (Å²) in [6.07, 6.45) is -7.69. The molecule has 2 fully saturated rings. The number of hydrogen-bond acceptors (Lipinski definition) is 4. The van der Waals surface area contributed by atoms with Crippen LogP contribution in [-0.4, -0.2) is 66.6 Å². The Labute approximate surface area is 246 Å². The second-order valence-electron chi connectivity index (χ2n) is 9.72. The molecule has 226 valence electrons. The van der Waals surface area contributed by atoms with Crippen LogP contribution in [0.15, 0.2) is 53.0 Å². The van der Waals surface area contributed by atoms with Gasteiger partial charge in [0, 0.05) is 34.5 Å². The molecule has 0 radical (unpaired) electrons. The first kappa shape index (κ1) is 33.2. The van der Waals surface area contributed by atoms with Gasteiger partial charge < -0.3 is 15.2 Å². The van der Waals surface area contributed by atoms with Crippen LogP contribution in [-0.2, 0) is 14.3 Å². The van der Waals surface area contributed by atoms with Crippen molar-refractivity contribution < 1.29 is 45.8 Å². The predicted octanol–water partition coefficient (Wildman–Crippen LogP) is 6.74. The Balaban J connectivity index is 0.000000587. The first-order chi connectivity index (χ1) is 19.2. The number of halogens is 8. The van der Waals surface area contributed by atoms with Gasteiger partial charge >= 0.3 is 18.3 Å². The monoisotopic (exact) mass is 672 g/mol. The number of ether oxygens (including phenoxy) is 1. The van der Waals surface area contributed by atoms with E-state index in [-0.39, 0.29) is 17.5 Å². The van der Waals surface area contributed by atoms with Crippen molar-refractivity contribution in [3.05, 3.63) is 69.2 Å². The van der Waals surface area contributed by atoms with Gasteiger partial charge in [0.05, 0.1) is 13.2 Å². The molecule has 1 amide bonds. The van der Waals surface area contributed by atoms with Crippen molar-refractivity contribution in [2.24, 2.45) is 5.92 Å². The second kappa shape index (κ2) is 14.2. The van der Waals surface area contributed by atoms with Crippen LogP contribution in [0.25, 0.3) is 0 Å². The van der Waals surface area contributed by atoms with Crippen molar-refractivity contribution in [3.63, 3.8) is 0 Å². The Hall–Kier alpha value is -2.35. The topological polar surface area (TPSA) is 78.9 Å². The molecule has 14 heteroatoms. The lowest BCUT2D eigenvalue weighted by Crippen LogP contribution is -2.49. The Bertz CT molecular complexity index is 1160. The molecule has 0 aromatic heterocycles. The molecule has 1 unspecified atom stereocenters. The average molecular weight is 674 g/mol. The molecule has 1 heterocycles. The van der Waals surface area contributed by atoms with Crippen LogP contribution in [0.2, 0.25) is 5.02 Å². The highest BCUT2D eigenvalue weighted by Gasteiger charge is 2.45. The minimum absolute atomic E-state index is 0.0348. The Morgan fingerprint density at radius 1 is 0.976 bits per heavy atom. The summed E-state index contributed by atoms with van der Waals surface area (Å²) >= 11 is 9.29. The summed E-state index contributed by atoms with van der Waals surface area (Å²) in [6.45, 7) is 3.03. The van der Waals surface area contributed by atoms with Crippen LogP contribution < -0.4 is 5.32 Å². The van der Waals surface area contributed by atoms with E-state index in [0.717, 1.165) is 36.0 Å². The number of carboxylic acids is 1. The predicted molar refractivity (Wildman–Crippen MR) is 142 cm³/mol. The Kier molecular flexibility index (Phi) is 11.5. The van der Waals surface area contributed by atoms with Crippen LogP contribution in [0.4, 0.5) is 26.3 Å². The number of nitrogens with zero attached hydrogens (tertiary/aromatic N) is 1. The van der Waals surface area contributed by atoms with E-state index >= 15 is 0 Å². The summed E-state index contributed by atoms with van der Waals surface area (Å²) in [5.41, 5.74) is 0.934. The lowest BCUT2D eigenvalue weighted by Gasteiger charge is -2.42. The number of nitrogens with one attached hydrogen (secondary N) is 1. The summed E-state index contributed by atoms with van der Waals surface area (Å²) in [7, 11) is 0. The fourth-order valence-corrected chi connectivity index (χ4v) is 5.46. The minimum atomic E-state index is -5.08. The number of benzene rings is 2. The lowest BCUT2D eigenvalue weighted by atomic mass is 9.72. The van der Waals surface area contributed by atoms with Gasteiger partial charge in [0.1, 0.15) is 0 Å². The molecular formula is C27H28BrClF6N2O4. The van der Waals surface area contributed by atoms with Crippen molar-refractivity contribution in [2.45, 2.75) is 49.6 Å². The molecule has 1 saturated heterocycles. The SMILES string of the molecule is O=C(NC(c1ccc(Cl)cc1)C(F)(F)F)[C@@H]1CC[C@H](N2CCOCC2)C[C@H]1c1ccc(Br)cc1.O=C(O)C(F)(F)F. The third-order valence-corrected chi connectivity index (χ3v) is 7.86. The molecule has 1 aliphatic carbocycles. The quantitative estimate of drug-likeness (QED) is 0.344. The van der Waals surface area contributed by atoms with E-state index in [2.05, 4.69) is 26.1 Å². The van der Waals surface area contributed by atoms with Gasteiger partial charge in [-0.2, -0.15) is 26.3 Å². The zero-order chi connectivity index (χ0) is 30.4. The van der Waals surface area contributed by atoms with Crippen molar-refractivity contribution in [2.75, 3.05) is 26.3 Å². The maximum atomic E-state index is 13.9. The number of morpholine rings is 1. The third-order valence-electron chi connectivity index (χ3n) is 7.08. The molecule has 2 aromatic rings. The van der Waals surface area contributed by atoms with Gasteiger partial charge in [-0.3, -0.25) is 9.69 Å². The number of hydrogen-bond donors (Lipinski definition) is 2. The van der Waals surface area contributed by atoms with E-state index in [0.29, 0.717) is 24.7 Å². The zero-order valence-corrected chi connectivity index (χ0v) is 23.9. The average Bonchev–Trinajstić information content (AvgIpc) is 2.92. The maximum absolute atomic E-state index is 13.9. The van der Waals surface area contributed by atoms with Gasteiger partial charge in [0.2, 0.25) is 5.91 Å². The third kappa shape index (κ3) is 9.59. The van der Waals surface area contributed by atoms with E-state index in [1.54, 1.807) is 0 Å². The molecule has 41 heavy (non-hydrogen) atoms. The molecule has 0 bridgehead atoms. The molecule has 1 aliphatic heterocycles. The van der Waals surface area contributed by atoms with Gasteiger partial charge in [-0.25, -0.2) is 4.79 Å². The van der Waals surface area contributed by atoms with E-state index in [9.17, 15) is 31.1 Å². The Morgan fingerprint density at radius 3 is 2.05 bits per heavy atom. The van der Waals surface area contributed by atoms with Crippen molar-refractivity contribution in [1.29, 1.82) is 0 Å². The number of carbonyl (C=O) groups excluding carboxylic acids is 1. The van der Waals surface area contributed by atoms with E-state index in [1.165, 1.54) is 24.3 Å². The van der Waals surface area contributed by atoms with Gasteiger partial charge in [0.25, 0.3) is 0 Å². The van der Waals surface area contributed by atoms with E-state index in [1.807, 2.05) is 24.3 Å². The smallest absolute Gasteiger partial charge is 0.475 e. The first-order valence-electron chi connectivity index (χ1n) is 12.7. The van der Waals surface area contributed by atoms with Crippen molar-refractivity contribution in [1.82, 2.24) is 10.2 Å². The molecule has 0 spiro atoms. The molecule has 2 aromatic carbocycles. The van der Waals surface area contributed by atoms with E-state index < -0.39 is 36.2 Å². The number of rotatable bonds is 5. The summed E-state index contributed by atoms with van der Waals surface area (Å²) in [5.74, 6) is -4.04. The second-order valence-corrected chi connectivity index (χ2v) is 11.1. The van der Waals surface area contributed by atoms with Crippen molar-refractivity contribution in [3.8, 4) is 0 Å². The summed E-state index contributed by atoms with van der Waals surface area (Å²) in [4.78, 5) is 24.6. The molecular weight excluding hydrogens is 646 g/mol. The summed E-state index contributed by atoms with van der Waals surface area (Å²) in [5, 5.41) is 9.78. The highest BCUT2D eigenvalue weighted by molar-refractivity contribution is 9.10. The number of carboxylic acid groups (broad SMARTS) is 1. The summed E-state index contributed by atoms with van der Waals surface area (Å²) in [6, 6.07) is 11.3. The zero-order valence-electron chi connectivity index (χ0n) is 21.5. The number of amides is 1. The fourth-order valence-electron chi connectivity index (χ4n) is 5.07. The largest absolute Gasteiger partial charge is 0.490 e. The highest BCUT2D eigenvalue weighted by Crippen LogP contribution is 2.42. The number of aliphatic carboxylic acids is 1. The molecule has 2 aliphatic rings. The van der Waals surface area contributed by atoms with Crippen LogP contribution in [0, 0.1) is 5.92 Å². The van der Waals surface area contributed by atoms with Crippen molar-refractivity contribution >= 4 is 39.4 Å². The molecule has 6 nitrogen and oxygen atoms in total. The minimum Gasteiger partial charge on any atom is -0.475 e. The standard InChI is InChI=1S/C25H27BrClF3N2O2.C2HF3O2/c26-18-5-1-16(2-6-18)22-15-20(32-11-13-34-14-12-32)9-10-21(22)24(33)31-23(25(28,29)30)17-3-7-19(27)8-4-17;3-2(4,5)1(6)7/h1-8,20-23H,9-15H2,(H,31,33);(H,6,7)/t20-,21+,22-,23?;/m0./s1. The van der Waals surface area contributed by atoms with Crippen LogP contribution in [0.3, 0.4) is 0 Å². The molecule has 1 saturated carbocycles. The first-order valence-corrected chi connectivity index (χ1v) is 13.8. The van der Waals surface area contributed by atoms with E-state index in [4.69, 9.17) is 26.2 Å². The van der Waals surface area contributed by atoms with Gasteiger partial charge in [0.15, 0.2) is 6.04 Å². The Morgan fingerprint density at radius 2 is 1.54 bits per heavy atom. The molecule has 4 atom stereocenters. The number of alkyl halides is 6. The van der Waals surface area contributed by atoms with Crippen LogP contribution in [0.5, 0.6) is 0 Å². The highest BCUT2D eigenvalue weighted by atomic mass is 79.9. The summed E-state index contributed by atoms with van der Waals surface area (Å²) < 4.78 is 79.9. The molecule has 2 N–H and O–H groups in total. The fraction of sp³-hybridized carbons (Fsp3) is 0.481. The lowest BCUT2D eigenvalue weighted by molar-refractivity contribution is -0.192. The number of carbonyl (C=O) groups is 2. The van der Waals surface area contributed by atoms with Crippen LogP contribution in [0.1, 0.15) is 42.3 Å². The normalized spacial score (nSPS) is 22.7.